The molecular weight excluding hydrogens is 222 g/mol. The van der Waals surface area contributed by atoms with Gasteiger partial charge in [-0.2, -0.15) is 0 Å². The first kappa shape index (κ1) is 11.5. The van der Waals surface area contributed by atoms with Gasteiger partial charge in [-0.25, -0.2) is 0 Å². The van der Waals surface area contributed by atoms with E-state index in [1.165, 1.54) is 23.9 Å². The molecule has 3 rings (SSSR count). The van der Waals surface area contributed by atoms with E-state index in [0.717, 1.165) is 24.3 Å². The standard InChI is InChI=1S/C15H19N3/c1-11-8-14(17-10-15(9-16)6-7-15)12-4-2-3-5-13(12)18-11/h2-5,8H,6-7,9-10,16H2,1H3,(H,17,18). The molecule has 0 amide bonds. The molecule has 1 aromatic carbocycles. The maximum atomic E-state index is 5.82. The molecular formula is C15H19N3. The lowest BCUT2D eigenvalue weighted by Gasteiger charge is -2.16. The maximum absolute atomic E-state index is 5.82. The average molecular weight is 241 g/mol. The lowest BCUT2D eigenvalue weighted by atomic mass is 10.1. The SMILES string of the molecule is Cc1cc(NCC2(CN)CC2)c2ccccc2n1. The number of hydrogen-bond donors (Lipinski definition) is 2. The first-order valence-corrected chi connectivity index (χ1v) is 6.53. The van der Waals surface area contributed by atoms with E-state index >= 15 is 0 Å². The van der Waals surface area contributed by atoms with Crippen LogP contribution in [0.2, 0.25) is 0 Å². The van der Waals surface area contributed by atoms with Gasteiger partial charge in [-0.05, 0) is 43.9 Å². The zero-order chi connectivity index (χ0) is 12.6. The van der Waals surface area contributed by atoms with Crippen LogP contribution in [0.3, 0.4) is 0 Å². The van der Waals surface area contributed by atoms with Gasteiger partial charge in [0.25, 0.3) is 0 Å². The van der Waals surface area contributed by atoms with Crippen LogP contribution < -0.4 is 11.1 Å². The van der Waals surface area contributed by atoms with Crippen molar-refractivity contribution >= 4 is 16.6 Å². The van der Waals surface area contributed by atoms with Crippen LogP contribution in [0.5, 0.6) is 0 Å². The average Bonchev–Trinajstić information content (AvgIpc) is 3.16. The highest BCUT2D eigenvalue weighted by molar-refractivity contribution is 5.91. The van der Waals surface area contributed by atoms with Crippen molar-refractivity contribution in [2.75, 3.05) is 18.4 Å². The summed E-state index contributed by atoms with van der Waals surface area (Å²) in [6.45, 7) is 3.78. The number of fused-ring (bicyclic) bond motifs is 1. The van der Waals surface area contributed by atoms with E-state index in [0.29, 0.717) is 5.41 Å². The normalized spacial score (nSPS) is 16.8. The van der Waals surface area contributed by atoms with E-state index < -0.39 is 0 Å². The minimum atomic E-state index is 0.346. The first-order chi connectivity index (χ1) is 8.72. The van der Waals surface area contributed by atoms with Gasteiger partial charge >= 0.3 is 0 Å². The summed E-state index contributed by atoms with van der Waals surface area (Å²) in [5.41, 5.74) is 9.45. The van der Waals surface area contributed by atoms with Crippen molar-refractivity contribution in [2.45, 2.75) is 19.8 Å². The third kappa shape index (κ3) is 2.06. The minimum absolute atomic E-state index is 0.346. The molecule has 1 heterocycles. The largest absolute Gasteiger partial charge is 0.384 e. The number of nitrogens with two attached hydrogens (primary N) is 1. The number of aryl methyl sites for hydroxylation is 1. The van der Waals surface area contributed by atoms with E-state index in [1.54, 1.807) is 0 Å². The van der Waals surface area contributed by atoms with Gasteiger partial charge < -0.3 is 11.1 Å². The molecule has 3 N–H and O–H groups in total. The molecule has 1 fully saturated rings. The Morgan fingerprint density at radius 1 is 1.33 bits per heavy atom. The van der Waals surface area contributed by atoms with Crippen LogP contribution in [0, 0.1) is 12.3 Å². The van der Waals surface area contributed by atoms with Gasteiger partial charge in [0.15, 0.2) is 0 Å². The Bertz CT molecular complexity index is 573. The Labute approximate surface area is 107 Å². The molecule has 2 aromatic rings. The van der Waals surface area contributed by atoms with Gasteiger partial charge in [-0.3, -0.25) is 4.98 Å². The van der Waals surface area contributed by atoms with Crippen LogP contribution in [-0.2, 0) is 0 Å². The van der Waals surface area contributed by atoms with Crippen molar-refractivity contribution in [3.8, 4) is 0 Å². The van der Waals surface area contributed by atoms with Crippen molar-refractivity contribution < 1.29 is 0 Å². The number of benzene rings is 1. The Morgan fingerprint density at radius 3 is 2.83 bits per heavy atom. The molecule has 3 nitrogen and oxygen atoms in total. The summed E-state index contributed by atoms with van der Waals surface area (Å²) in [6, 6.07) is 10.4. The lowest BCUT2D eigenvalue weighted by Crippen LogP contribution is -2.24. The molecule has 0 unspecified atom stereocenters. The van der Waals surface area contributed by atoms with Crippen LogP contribution in [-0.4, -0.2) is 18.1 Å². The number of nitrogens with zero attached hydrogens (tertiary/aromatic N) is 1. The second kappa shape index (κ2) is 4.25. The summed E-state index contributed by atoms with van der Waals surface area (Å²) in [5.74, 6) is 0. The van der Waals surface area contributed by atoms with E-state index in [9.17, 15) is 0 Å². The number of aromatic nitrogens is 1. The van der Waals surface area contributed by atoms with E-state index in [4.69, 9.17) is 5.73 Å². The topological polar surface area (TPSA) is 50.9 Å². The molecule has 1 aliphatic carbocycles. The molecule has 3 heteroatoms. The third-order valence-electron chi connectivity index (χ3n) is 3.89. The summed E-state index contributed by atoms with van der Waals surface area (Å²) in [4.78, 5) is 4.55. The van der Waals surface area contributed by atoms with E-state index in [2.05, 4.69) is 34.6 Å². The Hall–Kier alpha value is -1.61. The predicted octanol–water partition coefficient (Wildman–Crippen LogP) is 2.69. The molecule has 0 aliphatic heterocycles. The molecule has 0 spiro atoms. The molecule has 0 atom stereocenters. The van der Waals surface area contributed by atoms with Gasteiger partial charge in [0.05, 0.1) is 5.52 Å². The van der Waals surface area contributed by atoms with Crippen molar-refractivity contribution in [2.24, 2.45) is 11.1 Å². The fourth-order valence-electron chi connectivity index (χ4n) is 2.37. The van der Waals surface area contributed by atoms with Gasteiger partial charge in [0.1, 0.15) is 0 Å². The monoisotopic (exact) mass is 241 g/mol. The van der Waals surface area contributed by atoms with Crippen LogP contribution in [0.25, 0.3) is 10.9 Å². The molecule has 0 bridgehead atoms. The Morgan fingerprint density at radius 2 is 2.11 bits per heavy atom. The number of pyridine rings is 1. The fourth-order valence-corrected chi connectivity index (χ4v) is 2.37. The van der Waals surface area contributed by atoms with Crippen LogP contribution in [0.1, 0.15) is 18.5 Å². The summed E-state index contributed by atoms with van der Waals surface area (Å²) in [7, 11) is 0. The smallest absolute Gasteiger partial charge is 0.0725 e. The first-order valence-electron chi connectivity index (χ1n) is 6.53. The molecule has 0 radical (unpaired) electrons. The third-order valence-corrected chi connectivity index (χ3v) is 3.89. The molecule has 1 saturated carbocycles. The van der Waals surface area contributed by atoms with E-state index in [1.807, 2.05) is 13.0 Å². The van der Waals surface area contributed by atoms with Crippen molar-refractivity contribution in [1.82, 2.24) is 4.98 Å². The lowest BCUT2D eigenvalue weighted by molar-refractivity contribution is 0.556. The van der Waals surface area contributed by atoms with Gasteiger partial charge in [-0.1, -0.05) is 18.2 Å². The Kier molecular flexibility index (Phi) is 2.71. The number of rotatable bonds is 4. The maximum Gasteiger partial charge on any atom is 0.0725 e. The molecule has 1 aliphatic rings. The van der Waals surface area contributed by atoms with Crippen molar-refractivity contribution in [3.05, 3.63) is 36.0 Å². The highest BCUT2D eigenvalue weighted by atomic mass is 14.9. The van der Waals surface area contributed by atoms with Crippen LogP contribution in [0.15, 0.2) is 30.3 Å². The van der Waals surface area contributed by atoms with Gasteiger partial charge in [0.2, 0.25) is 0 Å². The van der Waals surface area contributed by atoms with Crippen LogP contribution >= 0.6 is 0 Å². The summed E-state index contributed by atoms with van der Waals surface area (Å²) >= 11 is 0. The number of nitrogens with one attached hydrogen (secondary N) is 1. The minimum Gasteiger partial charge on any atom is -0.384 e. The zero-order valence-electron chi connectivity index (χ0n) is 10.7. The highest BCUT2D eigenvalue weighted by Gasteiger charge is 2.40. The second-order valence-electron chi connectivity index (χ2n) is 5.39. The highest BCUT2D eigenvalue weighted by Crippen LogP contribution is 2.44. The molecule has 18 heavy (non-hydrogen) atoms. The fraction of sp³-hybridized carbons (Fsp3) is 0.400. The molecule has 0 saturated heterocycles. The van der Waals surface area contributed by atoms with Gasteiger partial charge in [0, 0.05) is 23.3 Å². The summed E-state index contributed by atoms with van der Waals surface area (Å²) < 4.78 is 0. The van der Waals surface area contributed by atoms with E-state index in [-0.39, 0.29) is 0 Å². The number of anilines is 1. The quantitative estimate of drug-likeness (QED) is 0.865. The predicted molar refractivity (Wildman–Crippen MR) is 75.7 cm³/mol. The molecule has 1 aromatic heterocycles. The van der Waals surface area contributed by atoms with Crippen LogP contribution in [0.4, 0.5) is 5.69 Å². The van der Waals surface area contributed by atoms with Crippen molar-refractivity contribution in [3.63, 3.8) is 0 Å². The summed E-state index contributed by atoms with van der Waals surface area (Å²) in [5, 5.41) is 4.75. The zero-order valence-corrected chi connectivity index (χ0v) is 10.7. The number of hydrogen-bond acceptors (Lipinski definition) is 3. The molecule has 94 valence electrons. The van der Waals surface area contributed by atoms with Gasteiger partial charge in [-0.15, -0.1) is 0 Å². The summed E-state index contributed by atoms with van der Waals surface area (Å²) in [6.07, 6.45) is 2.50. The van der Waals surface area contributed by atoms with Crippen molar-refractivity contribution in [1.29, 1.82) is 0 Å². The number of para-hydroxylation sites is 1. The Balaban J connectivity index is 1.91. The second-order valence-corrected chi connectivity index (χ2v) is 5.39.